The van der Waals surface area contributed by atoms with Crippen molar-refractivity contribution in [2.75, 3.05) is 20.1 Å². The number of amides is 2. The second-order valence-corrected chi connectivity index (χ2v) is 10.5. The van der Waals surface area contributed by atoms with E-state index in [1.165, 1.54) is 5.56 Å². The van der Waals surface area contributed by atoms with Gasteiger partial charge in [0.05, 0.1) is 11.6 Å². The number of carbonyl (C=O) groups is 2. The molecule has 2 unspecified atom stereocenters. The van der Waals surface area contributed by atoms with Gasteiger partial charge in [0.2, 0.25) is 5.91 Å². The fourth-order valence-corrected chi connectivity index (χ4v) is 5.35. The van der Waals surface area contributed by atoms with Crippen LogP contribution in [0.15, 0.2) is 54.6 Å². The zero-order valence-electron chi connectivity index (χ0n) is 20.7. The molecule has 0 radical (unpaired) electrons. The average Bonchev–Trinajstić information content (AvgIpc) is 2.80. The maximum absolute atomic E-state index is 13.2. The van der Waals surface area contributed by atoms with Gasteiger partial charge in [0.15, 0.2) is 0 Å². The molecule has 34 heavy (non-hydrogen) atoms. The molecule has 2 saturated heterocycles. The van der Waals surface area contributed by atoms with Gasteiger partial charge in [-0.1, -0.05) is 54.6 Å². The molecule has 0 spiro atoms. The van der Waals surface area contributed by atoms with Crippen molar-refractivity contribution in [3.63, 3.8) is 0 Å². The van der Waals surface area contributed by atoms with Crippen LogP contribution in [0.25, 0.3) is 0 Å². The Bertz CT molecular complexity index is 1010. The van der Waals surface area contributed by atoms with Crippen LogP contribution in [0, 0.1) is 0 Å². The van der Waals surface area contributed by atoms with Crippen molar-refractivity contribution in [1.29, 1.82) is 0 Å². The number of ether oxygens (including phenoxy) is 1. The molecular formula is C28H36N2O4. The molecule has 2 aliphatic heterocycles. The van der Waals surface area contributed by atoms with E-state index < -0.39 is 11.2 Å². The van der Waals surface area contributed by atoms with E-state index >= 15 is 0 Å². The zero-order chi connectivity index (χ0) is 24.5. The van der Waals surface area contributed by atoms with E-state index in [9.17, 15) is 14.7 Å². The number of aliphatic hydroxyl groups is 1. The summed E-state index contributed by atoms with van der Waals surface area (Å²) in [5.74, 6) is 0.444. The van der Waals surface area contributed by atoms with Gasteiger partial charge in [-0.15, -0.1) is 0 Å². The van der Waals surface area contributed by atoms with E-state index in [-0.39, 0.29) is 24.0 Å². The van der Waals surface area contributed by atoms with Crippen LogP contribution in [-0.4, -0.2) is 52.6 Å². The number of nitrogens with zero attached hydrogens (tertiary/aromatic N) is 2. The largest absolute Gasteiger partial charge is 0.438 e. The molecule has 2 heterocycles. The Labute approximate surface area is 202 Å². The number of piperidine rings is 1. The molecule has 2 aliphatic rings. The molecule has 0 bridgehead atoms. The monoisotopic (exact) mass is 464 g/mol. The summed E-state index contributed by atoms with van der Waals surface area (Å²) in [6, 6.07) is 17.9. The number of rotatable bonds is 6. The van der Waals surface area contributed by atoms with Crippen LogP contribution in [-0.2, 0) is 15.1 Å². The quantitative estimate of drug-likeness (QED) is 0.654. The van der Waals surface area contributed by atoms with Crippen LogP contribution in [0.4, 0.5) is 4.79 Å². The first-order valence-corrected chi connectivity index (χ1v) is 12.2. The third kappa shape index (κ3) is 5.12. The predicted molar refractivity (Wildman–Crippen MR) is 131 cm³/mol. The van der Waals surface area contributed by atoms with Crippen molar-refractivity contribution >= 4 is 12.0 Å². The number of cyclic esters (lactones) is 1. The molecule has 0 aromatic heterocycles. The lowest BCUT2D eigenvalue weighted by Crippen LogP contribution is -2.51. The fraction of sp³-hybridized carbons (Fsp3) is 0.500. The van der Waals surface area contributed by atoms with Gasteiger partial charge in [-0.05, 0) is 49.8 Å². The lowest BCUT2D eigenvalue weighted by Gasteiger charge is -2.45. The van der Waals surface area contributed by atoms with E-state index in [0.29, 0.717) is 25.8 Å². The van der Waals surface area contributed by atoms with Crippen molar-refractivity contribution in [3.05, 3.63) is 71.3 Å². The summed E-state index contributed by atoms with van der Waals surface area (Å²) >= 11 is 0. The molecule has 0 aliphatic carbocycles. The fourth-order valence-electron chi connectivity index (χ4n) is 5.35. The minimum Gasteiger partial charge on any atom is -0.438 e. The van der Waals surface area contributed by atoms with E-state index in [4.69, 9.17) is 4.74 Å². The van der Waals surface area contributed by atoms with E-state index in [1.807, 2.05) is 44.3 Å². The highest BCUT2D eigenvalue weighted by molar-refractivity contribution is 5.77. The van der Waals surface area contributed by atoms with Crippen LogP contribution in [0.3, 0.4) is 0 Å². The molecule has 1 N–H and O–H groups in total. The van der Waals surface area contributed by atoms with E-state index in [1.54, 1.807) is 23.6 Å². The number of hydrogen-bond acceptors (Lipinski definition) is 4. The lowest BCUT2D eigenvalue weighted by molar-refractivity contribution is -0.132. The van der Waals surface area contributed by atoms with Crippen LogP contribution in [0.5, 0.6) is 0 Å². The Balaban J connectivity index is 1.48. The molecule has 2 amide bonds. The Morgan fingerprint density at radius 3 is 2.35 bits per heavy atom. The van der Waals surface area contributed by atoms with Gasteiger partial charge in [0, 0.05) is 39.4 Å². The summed E-state index contributed by atoms with van der Waals surface area (Å²) in [6.07, 6.45) is 2.09. The summed E-state index contributed by atoms with van der Waals surface area (Å²) in [5, 5.41) is 10.6. The van der Waals surface area contributed by atoms with Gasteiger partial charge < -0.3 is 19.6 Å². The topological polar surface area (TPSA) is 70.1 Å². The number of hydrogen-bond donors (Lipinski definition) is 1. The summed E-state index contributed by atoms with van der Waals surface area (Å²) in [4.78, 5) is 28.9. The lowest BCUT2D eigenvalue weighted by atomic mass is 9.80. The zero-order valence-corrected chi connectivity index (χ0v) is 20.7. The van der Waals surface area contributed by atoms with Crippen LogP contribution in [0.2, 0.25) is 0 Å². The molecule has 2 fully saturated rings. The average molecular weight is 465 g/mol. The van der Waals surface area contributed by atoms with Gasteiger partial charge in [0.1, 0.15) is 5.60 Å². The molecule has 4 rings (SSSR count). The first kappa shape index (κ1) is 24.3. The Kier molecular flexibility index (Phi) is 6.72. The van der Waals surface area contributed by atoms with Crippen molar-refractivity contribution < 1.29 is 19.4 Å². The maximum atomic E-state index is 13.2. The summed E-state index contributed by atoms with van der Waals surface area (Å²) in [7, 11) is 1.86. The highest BCUT2D eigenvalue weighted by Crippen LogP contribution is 2.42. The maximum Gasteiger partial charge on any atom is 0.411 e. The first-order valence-electron chi connectivity index (χ1n) is 12.2. The standard InChI is InChI=1S/C28H36N2O4/c1-20(21-10-12-22(13-11-21)23-14-16-29(4)25(31)18-23)30-17-15-28(34-26(30)32,19-27(2,3)33)24-8-6-5-7-9-24/h5-13,20,23,33H,14-19H2,1-4H3/t20-,23?,28?/m0/s1. The predicted octanol–water partition coefficient (Wildman–Crippen LogP) is 4.98. The van der Waals surface area contributed by atoms with Gasteiger partial charge in [-0.25, -0.2) is 4.79 Å². The third-order valence-corrected chi connectivity index (χ3v) is 7.31. The van der Waals surface area contributed by atoms with Gasteiger partial charge >= 0.3 is 6.09 Å². The second kappa shape index (κ2) is 9.41. The third-order valence-electron chi connectivity index (χ3n) is 7.31. The molecular weight excluding hydrogens is 428 g/mol. The van der Waals surface area contributed by atoms with Crippen molar-refractivity contribution in [2.45, 2.75) is 69.6 Å². The SMILES string of the molecule is C[C@@H](c1ccc(C2CCN(C)C(=O)C2)cc1)N1CCC(CC(C)(C)O)(c2ccccc2)OC1=O. The van der Waals surface area contributed by atoms with Crippen molar-refractivity contribution in [1.82, 2.24) is 9.80 Å². The highest BCUT2D eigenvalue weighted by atomic mass is 16.6. The second-order valence-electron chi connectivity index (χ2n) is 10.5. The van der Waals surface area contributed by atoms with Crippen LogP contribution >= 0.6 is 0 Å². The van der Waals surface area contributed by atoms with E-state index in [2.05, 4.69) is 24.3 Å². The molecule has 2 aromatic carbocycles. The number of carbonyl (C=O) groups excluding carboxylic acids is 2. The highest BCUT2D eigenvalue weighted by Gasteiger charge is 2.46. The molecule has 6 heteroatoms. The van der Waals surface area contributed by atoms with Crippen LogP contribution < -0.4 is 0 Å². The number of likely N-dealkylation sites (tertiary alicyclic amines) is 1. The van der Waals surface area contributed by atoms with Gasteiger partial charge in [0.25, 0.3) is 0 Å². The van der Waals surface area contributed by atoms with Gasteiger partial charge in [-0.2, -0.15) is 0 Å². The molecule has 6 nitrogen and oxygen atoms in total. The Morgan fingerprint density at radius 1 is 1.09 bits per heavy atom. The summed E-state index contributed by atoms with van der Waals surface area (Å²) < 4.78 is 6.12. The van der Waals surface area contributed by atoms with Crippen molar-refractivity contribution in [3.8, 4) is 0 Å². The minimum atomic E-state index is -0.977. The number of benzene rings is 2. The van der Waals surface area contributed by atoms with Crippen molar-refractivity contribution in [2.24, 2.45) is 0 Å². The van der Waals surface area contributed by atoms with Crippen LogP contribution in [0.1, 0.15) is 75.1 Å². The molecule has 0 saturated carbocycles. The Hall–Kier alpha value is -2.86. The minimum absolute atomic E-state index is 0.142. The summed E-state index contributed by atoms with van der Waals surface area (Å²) in [5.41, 5.74) is 1.29. The molecule has 182 valence electrons. The Morgan fingerprint density at radius 2 is 1.76 bits per heavy atom. The van der Waals surface area contributed by atoms with E-state index in [0.717, 1.165) is 24.1 Å². The summed E-state index contributed by atoms with van der Waals surface area (Å²) in [6.45, 7) is 6.84. The molecule has 3 atom stereocenters. The van der Waals surface area contributed by atoms with Gasteiger partial charge in [-0.3, -0.25) is 4.79 Å². The first-order chi connectivity index (χ1) is 16.1. The molecule has 2 aromatic rings. The smallest absolute Gasteiger partial charge is 0.411 e. The normalized spacial score (nSPS) is 24.7.